The highest BCUT2D eigenvalue weighted by atomic mass is 35.5. The number of carbonyl (C=O) groups is 1. The van der Waals surface area contributed by atoms with Gasteiger partial charge < -0.3 is 19.7 Å². The second kappa shape index (κ2) is 7.48. The molecule has 0 spiro atoms. The van der Waals surface area contributed by atoms with Crippen LogP contribution in [0.25, 0.3) is 0 Å². The maximum absolute atomic E-state index is 12.1. The lowest BCUT2D eigenvalue weighted by atomic mass is 9.86. The second-order valence-corrected chi connectivity index (χ2v) is 7.11. The molecule has 2 aliphatic heterocycles. The Hall–Kier alpha value is -1.01. The summed E-state index contributed by atoms with van der Waals surface area (Å²) in [6.45, 7) is 1.77. The van der Waals surface area contributed by atoms with Crippen LogP contribution in [0, 0.1) is 0 Å². The summed E-state index contributed by atoms with van der Waals surface area (Å²) in [5, 5.41) is 3.89. The van der Waals surface area contributed by atoms with Gasteiger partial charge in [0.25, 0.3) is 0 Å². The van der Waals surface area contributed by atoms with Crippen LogP contribution in [0.4, 0.5) is 4.79 Å². The molecule has 1 aromatic rings. The van der Waals surface area contributed by atoms with Crippen LogP contribution in [0.1, 0.15) is 31.2 Å². The van der Waals surface area contributed by atoms with Crippen molar-refractivity contribution in [1.82, 2.24) is 10.2 Å². The van der Waals surface area contributed by atoms with Gasteiger partial charge in [-0.2, -0.15) is 0 Å². The fourth-order valence-corrected chi connectivity index (χ4v) is 3.64. The maximum atomic E-state index is 12.1. The van der Waals surface area contributed by atoms with Crippen molar-refractivity contribution in [3.8, 4) is 0 Å². The first-order valence-corrected chi connectivity index (χ1v) is 8.99. The molecule has 132 valence electrons. The van der Waals surface area contributed by atoms with Gasteiger partial charge in [0.05, 0.1) is 22.2 Å². The largest absolute Gasteiger partial charge is 0.353 e. The molecule has 2 atom stereocenters. The number of nitrogens with zero attached hydrogens (tertiary/aromatic N) is 1. The van der Waals surface area contributed by atoms with E-state index in [1.807, 2.05) is 12.1 Å². The molecule has 2 heterocycles. The molecule has 7 heteroatoms. The quantitative estimate of drug-likeness (QED) is 0.855. The maximum Gasteiger partial charge on any atom is 0.318 e. The first kappa shape index (κ1) is 17.8. The Bertz CT molecular complexity index is 607. The molecule has 2 fully saturated rings. The van der Waals surface area contributed by atoms with Gasteiger partial charge in [-0.3, -0.25) is 0 Å². The van der Waals surface area contributed by atoms with Gasteiger partial charge in [-0.1, -0.05) is 29.3 Å². The number of urea groups is 1. The molecule has 2 amide bonds. The van der Waals surface area contributed by atoms with Crippen molar-refractivity contribution in [1.29, 1.82) is 0 Å². The summed E-state index contributed by atoms with van der Waals surface area (Å²) in [7, 11) is 1.79. The zero-order valence-electron chi connectivity index (χ0n) is 13.7. The van der Waals surface area contributed by atoms with Crippen molar-refractivity contribution in [2.75, 3.05) is 26.8 Å². The van der Waals surface area contributed by atoms with Crippen molar-refractivity contribution in [3.63, 3.8) is 0 Å². The van der Waals surface area contributed by atoms with Crippen molar-refractivity contribution >= 4 is 29.2 Å². The topological polar surface area (TPSA) is 50.8 Å². The number of ether oxygens (including phenoxy) is 2. The third-order valence-electron chi connectivity index (χ3n) is 4.89. The van der Waals surface area contributed by atoms with Crippen LogP contribution in [-0.2, 0) is 15.0 Å². The Morgan fingerprint density at radius 3 is 2.83 bits per heavy atom. The van der Waals surface area contributed by atoms with Crippen LogP contribution in [-0.4, -0.2) is 44.0 Å². The molecule has 2 aliphatic rings. The van der Waals surface area contributed by atoms with Gasteiger partial charge in [-0.05, 0) is 37.0 Å². The summed E-state index contributed by atoms with van der Waals surface area (Å²) >= 11 is 12.2. The van der Waals surface area contributed by atoms with Gasteiger partial charge in [0.1, 0.15) is 0 Å². The highest BCUT2D eigenvalue weighted by Gasteiger charge is 2.44. The second-order valence-electron chi connectivity index (χ2n) is 6.30. The molecule has 0 aromatic heterocycles. The van der Waals surface area contributed by atoms with E-state index in [1.54, 1.807) is 18.0 Å². The zero-order chi connectivity index (χ0) is 17.2. The SMILES string of the molecule is CN1C(=O)NCC1(CCOC1CCCCO1)c1ccc(Cl)c(Cl)c1. The van der Waals surface area contributed by atoms with Gasteiger partial charge in [-0.25, -0.2) is 4.79 Å². The molecule has 1 aromatic carbocycles. The van der Waals surface area contributed by atoms with Crippen LogP contribution >= 0.6 is 23.2 Å². The number of hydrogen-bond donors (Lipinski definition) is 1. The van der Waals surface area contributed by atoms with E-state index in [2.05, 4.69) is 5.32 Å². The summed E-state index contributed by atoms with van der Waals surface area (Å²) in [5.74, 6) is 0. The van der Waals surface area contributed by atoms with E-state index in [1.165, 1.54) is 0 Å². The highest BCUT2D eigenvalue weighted by Crippen LogP contribution is 2.37. The minimum atomic E-state index is -0.500. The summed E-state index contributed by atoms with van der Waals surface area (Å²) in [4.78, 5) is 13.8. The fourth-order valence-electron chi connectivity index (χ4n) is 3.34. The molecule has 5 nitrogen and oxygen atoms in total. The van der Waals surface area contributed by atoms with E-state index < -0.39 is 5.54 Å². The molecule has 0 bridgehead atoms. The number of likely N-dealkylation sites (N-methyl/N-ethyl adjacent to an activating group) is 1. The number of benzene rings is 1. The standard InChI is InChI=1S/C17H22Cl2N2O3/c1-21-16(22)20-11-17(21,12-5-6-13(18)14(19)10-12)7-9-24-15-4-2-3-8-23-15/h5-6,10,15H,2-4,7-9,11H2,1H3,(H,20,22). The number of rotatable bonds is 5. The lowest BCUT2D eigenvalue weighted by Crippen LogP contribution is -2.43. The van der Waals surface area contributed by atoms with E-state index in [0.717, 1.165) is 31.4 Å². The van der Waals surface area contributed by atoms with Crippen LogP contribution in [0.15, 0.2) is 18.2 Å². The Labute approximate surface area is 152 Å². The molecule has 2 saturated heterocycles. The number of halogens is 2. The van der Waals surface area contributed by atoms with Crippen LogP contribution in [0.2, 0.25) is 10.0 Å². The number of nitrogens with one attached hydrogen (secondary N) is 1. The van der Waals surface area contributed by atoms with Gasteiger partial charge in [0, 0.05) is 26.6 Å². The molecular weight excluding hydrogens is 351 g/mol. The first-order chi connectivity index (χ1) is 11.5. The summed E-state index contributed by atoms with van der Waals surface area (Å²) in [6, 6.07) is 5.41. The fraction of sp³-hybridized carbons (Fsp3) is 0.588. The van der Waals surface area contributed by atoms with E-state index in [4.69, 9.17) is 32.7 Å². The van der Waals surface area contributed by atoms with Crippen molar-refractivity contribution in [3.05, 3.63) is 33.8 Å². The number of carbonyl (C=O) groups excluding carboxylic acids is 1. The highest BCUT2D eigenvalue weighted by molar-refractivity contribution is 6.42. The molecule has 24 heavy (non-hydrogen) atoms. The average Bonchev–Trinajstić information content (AvgIpc) is 2.88. The summed E-state index contributed by atoms with van der Waals surface area (Å²) in [6.07, 6.45) is 3.66. The predicted molar refractivity (Wildman–Crippen MR) is 93.5 cm³/mol. The Kier molecular flexibility index (Phi) is 5.55. The van der Waals surface area contributed by atoms with Gasteiger partial charge in [0.15, 0.2) is 6.29 Å². The minimum Gasteiger partial charge on any atom is -0.353 e. The average molecular weight is 373 g/mol. The summed E-state index contributed by atoms with van der Waals surface area (Å²) < 4.78 is 11.5. The van der Waals surface area contributed by atoms with E-state index in [-0.39, 0.29) is 12.3 Å². The normalized spacial score (nSPS) is 27.4. The van der Waals surface area contributed by atoms with Gasteiger partial charge in [0.2, 0.25) is 0 Å². The van der Waals surface area contributed by atoms with Gasteiger partial charge >= 0.3 is 6.03 Å². The van der Waals surface area contributed by atoms with Crippen molar-refractivity contribution in [2.45, 2.75) is 37.5 Å². The Balaban J connectivity index is 1.75. The third kappa shape index (κ3) is 3.49. The molecule has 2 unspecified atom stereocenters. The lowest BCUT2D eigenvalue weighted by Gasteiger charge is -2.36. The van der Waals surface area contributed by atoms with Gasteiger partial charge in [-0.15, -0.1) is 0 Å². The molecular formula is C17H22Cl2N2O3. The van der Waals surface area contributed by atoms with Crippen LogP contribution < -0.4 is 5.32 Å². The van der Waals surface area contributed by atoms with Crippen molar-refractivity contribution in [2.24, 2.45) is 0 Å². The lowest BCUT2D eigenvalue weighted by molar-refractivity contribution is -0.165. The molecule has 1 N–H and O–H groups in total. The summed E-state index contributed by atoms with van der Waals surface area (Å²) in [5.41, 5.74) is 0.450. The molecule has 0 saturated carbocycles. The molecule has 0 aliphatic carbocycles. The monoisotopic (exact) mass is 372 g/mol. The number of hydrogen-bond acceptors (Lipinski definition) is 3. The van der Waals surface area contributed by atoms with Crippen molar-refractivity contribution < 1.29 is 14.3 Å². The van der Waals surface area contributed by atoms with E-state index in [9.17, 15) is 4.79 Å². The first-order valence-electron chi connectivity index (χ1n) is 8.23. The Morgan fingerprint density at radius 2 is 2.21 bits per heavy atom. The van der Waals surface area contributed by atoms with E-state index >= 15 is 0 Å². The predicted octanol–water partition coefficient (Wildman–Crippen LogP) is 3.78. The minimum absolute atomic E-state index is 0.102. The number of amides is 2. The smallest absolute Gasteiger partial charge is 0.318 e. The third-order valence-corrected chi connectivity index (χ3v) is 5.63. The zero-order valence-corrected chi connectivity index (χ0v) is 15.2. The Morgan fingerprint density at radius 1 is 1.38 bits per heavy atom. The van der Waals surface area contributed by atoms with Crippen LogP contribution in [0.3, 0.4) is 0 Å². The van der Waals surface area contributed by atoms with E-state index in [0.29, 0.717) is 29.6 Å². The molecule has 0 radical (unpaired) electrons. The molecule has 3 rings (SSSR count). The van der Waals surface area contributed by atoms with Crippen LogP contribution in [0.5, 0.6) is 0 Å².